The van der Waals surface area contributed by atoms with Gasteiger partial charge >= 0.3 is 0 Å². The second kappa shape index (κ2) is 13.3. The van der Waals surface area contributed by atoms with Crippen molar-refractivity contribution in [3.63, 3.8) is 0 Å². The molecule has 0 unspecified atom stereocenters. The third-order valence-corrected chi connectivity index (χ3v) is 2.07. The first kappa shape index (κ1) is 16.7. The summed E-state index contributed by atoms with van der Waals surface area (Å²) in [6.07, 6.45) is 3.75. The summed E-state index contributed by atoms with van der Waals surface area (Å²) in [5.41, 5.74) is 0. The summed E-state index contributed by atoms with van der Waals surface area (Å²) in [4.78, 5) is 20.8. The van der Waals surface area contributed by atoms with E-state index in [1.54, 1.807) is 7.11 Å². The standard InChI is InChI=1S/C7H10O2.C3H8O.C2H6/c8-5-6-1-3-7(9)4-2-6;1-3-4-2;1-2/h5-6H,1-4H2;3H2,1-2H3;1-2H3. The number of ketones is 1. The van der Waals surface area contributed by atoms with Crippen LogP contribution in [0.5, 0.6) is 0 Å². The lowest BCUT2D eigenvalue weighted by atomic mass is 9.90. The summed E-state index contributed by atoms with van der Waals surface area (Å²) >= 11 is 0. The van der Waals surface area contributed by atoms with E-state index in [0.717, 1.165) is 25.7 Å². The quantitative estimate of drug-likeness (QED) is 0.666. The van der Waals surface area contributed by atoms with Crippen molar-refractivity contribution in [1.82, 2.24) is 0 Å². The highest BCUT2D eigenvalue weighted by molar-refractivity contribution is 5.80. The molecule has 3 nitrogen and oxygen atoms in total. The molecule has 15 heavy (non-hydrogen) atoms. The largest absolute Gasteiger partial charge is 0.385 e. The molecule has 0 bridgehead atoms. The van der Waals surface area contributed by atoms with Crippen LogP contribution in [0.4, 0.5) is 0 Å². The minimum atomic E-state index is 0.169. The first-order valence-corrected chi connectivity index (χ1v) is 5.70. The van der Waals surface area contributed by atoms with Crippen molar-refractivity contribution in [2.75, 3.05) is 13.7 Å². The van der Waals surface area contributed by atoms with Gasteiger partial charge in [0.15, 0.2) is 0 Å². The molecule has 1 aliphatic rings. The molecule has 0 atom stereocenters. The van der Waals surface area contributed by atoms with Crippen LogP contribution in [0.15, 0.2) is 0 Å². The van der Waals surface area contributed by atoms with Crippen molar-refractivity contribution in [2.24, 2.45) is 5.92 Å². The van der Waals surface area contributed by atoms with E-state index in [4.69, 9.17) is 0 Å². The molecule has 0 radical (unpaired) electrons. The van der Waals surface area contributed by atoms with Gasteiger partial charge in [-0.05, 0) is 19.8 Å². The lowest BCUT2D eigenvalue weighted by molar-refractivity contribution is -0.122. The van der Waals surface area contributed by atoms with Gasteiger partial charge in [0.2, 0.25) is 0 Å². The van der Waals surface area contributed by atoms with E-state index in [-0.39, 0.29) is 5.92 Å². The summed E-state index contributed by atoms with van der Waals surface area (Å²) in [5, 5.41) is 0. The van der Waals surface area contributed by atoms with E-state index in [2.05, 4.69) is 4.74 Å². The lowest BCUT2D eigenvalue weighted by Gasteiger charge is -2.13. The van der Waals surface area contributed by atoms with Gasteiger partial charge in [-0.3, -0.25) is 4.79 Å². The number of Topliss-reactive ketones (excluding diaryl/α,β-unsaturated/α-hetero) is 1. The van der Waals surface area contributed by atoms with Crippen molar-refractivity contribution in [3.8, 4) is 0 Å². The smallest absolute Gasteiger partial charge is 0.132 e. The highest BCUT2D eigenvalue weighted by Gasteiger charge is 2.16. The van der Waals surface area contributed by atoms with Crippen LogP contribution in [-0.4, -0.2) is 25.8 Å². The van der Waals surface area contributed by atoms with Gasteiger partial charge in [-0.2, -0.15) is 0 Å². The number of methoxy groups -OCH3 is 1. The number of carbonyl (C=O) groups is 2. The van der Waals surface area contributed by atoms with Crippen LogP contribution in [-0.2, 0) is 14.3 Å². The molecule has 1 aliphatic carbocycles. The van der Waals surface area contributed by atoms with Crippen LogP contribution < -0.4 is 0 Å². The van der Waals surface area contributed by atoms with Crippen molar-refractivity contribution < 1.29 is 14.3 Å². The molecule has 1 fully saturated rings. The van der Waals surface area contributed by atoms with E-state index in [1.165, 1.54) is 0 Å². The van der Waals surface area contributed by atoms with Crippen LogP contribution in [0.3, 0.4) is 0 Å². The first-order valence-electron chi connectivity index (χ1n) is 5.70. The third-order valence-electron chi connectivity index (χ3n) is 2.07. The highest BCUT2D eigenvalue weighted by Crippen LogP contribution is 2.18. The minimum Gasteiger partial charge on any atom is -0.385 e. The monoisotopic (exact) mass is 216 g/mol. The van der Waals surface area contributed by atoms with E-state index < -0.39 is 0 Å². The number of rotatable bonds is 2. The zero-order valence-electron chi connectivity index (χ0n) is 10.4. The number of hydrogen-bond donors (Lipinski definition) is 0. The number of ether oxygens (including phenoxy) is 1. The lowest BCUT2D eigenvalue weighted by Crippen LogP contribution is -2.14. The Morgan fingerprint density at radius 2 is 1.73 bits per heavy atom. The summed E-state index contributed by atoms with van der Waals surface area (Å²) in [7, 11) is 1.68. The van der Waals surface area contributed by atoms with Gasteiger partial charge in [0, 0.05) is 32.5 Å². The summed E-state index contributed by atoms with van der Waals surface area (Å²) in [6.45, 7) is 6.78. The Bertz CT molecular complexity index is 143. The van der Waals surface area contributed by atoms with Crippen LogP contribution in [0.25, 0.3) is 0 Å². The molecule has 0 spiro atoms. The fraction of sp³-hybridized carbons (Fsp3) is 0.833. The number of hydrogen-bond acceptors (Lipinski definition) is 3. The Morgan fingerprint density at radius 3 is 2.00 bits per heavy atom. The molecule has 0 aromatic rings. The van der Waals surface area contributed by atoms with Gasteiger partial charge in [0.25, 0.3) is 0 Å². The molecule has 0 amide bonds. The summed E-state index contributed by atoms with van der Waals surface area (Å²) in [5.74, 6) is 0.482. The first-order chi connectivity index (χ1) is 7.24. The SMILES string of the molecule is CC.CCOC.O=CC1CCC(=O)CC1. The molecule has 0 aromatic heterocycles. The summed E-state index contributed by atoms with van der Waals surface area (Å²) < 4.78 is 4.54. The number of aldehydes is 1. The zero-order valence-corrected chi connectivity index (χ0v) is 10.4. The molecule has 90 valence electrons. The van der Waals surface area contributed by atoms with Gasteiger partial charge in [0.1, 0.15) is 12.1 Å². The van der Waals surface area contributed by atoms with E-state index in [1.807, 2.05) is 20.8 Å². The number of carbonyl (C=O) groups excluding carboxylic acids is 2. The zero-order chi connectivity index (χ0) is 12.1. The summed E-state index contributed by atoms with van der Waals surface area (Å²) in [6, 6.07) is 0. The normalized spacial score (nSPS) is 15.6. The fourth-order valence-corrected chi connectivity index (χ4v) is 1.10. The van der Waals surface area contributed by atoms with Gasteiger partial charge in [0.05, 0.1) is 0 Å². The topological polar surface area (TPSA) is 43.4 Å². The van der Waals surface area contributed by atoms with Crippen LogP contribution in [0.1, 0.15) is 46.5 Å². The van der Waals surface area contributed by atoms with Crippen LogP contribution in [0.2, 0.25) is 0 Å². The maximum absolute atomic E-state index is 10.6. The maximum Gasteiger partial charge on any atom is 0.132 e. The van der Waals surface area contributed by atoms with Crippen LogP contribution in [0, 0.1) is 5.92 Å². The molecule has 0 aliphatic heterocycles. The van der Waals surface area contributed by atoms with Crippen molar-refractivity contribution in [2.45, 2.75) is 46.5 Å². The van der Waals surface area contributed by atoms with E-state index >= 15 is 0 Å². The second-order valence-electron chi connectivity index (χ2n) is 3.09. The van der Waals surface area contributed by atoms with E-state index in [0.29, 0.717) is 18.6 Å². The van der Waals surface area contributed by atoms with Crippen molar-refractivity contribution in [3.05, 3.63) is 0 Å². The average Bonchev–Trinajstić information content (AvgIpc) is 2.33. The van der Waals surface area contributed by atoms with Crippen LogP contribution >= 0.6 is 0 Å². The predicted molar refractivity (Wildman–Crippen MR) is 61.9 cm³/mol. The molecule has 0 N–H and O–H groups in total. The van der Waals surface area contributed by atoms with Gasteiger partial charge < -0.3 is 9.53 Å². The average molecular weight is 216 g/mol. The molecule has 3 heteroatoms. The Kier molecular flexibility index (Phi) is 14.8. The Labute approximate surface area is 93.2 Å². The molecule has 0 heterocycles. The third kappa shape index (κ3) is 11.2. The molecule has 1 rings (SSSR count). The van der Waals surface area contributed by atoms with Crippen molar-refractivity contribution in [1.29, 1.82) is 0 Å². The fourth-order valence-electron chi connectivity index (χ4n) is 1.10. The minimum absolute atomic E-state index is 0.169. The van der Waals surface area contributed by atoms with E-state index in [9.17, 15) is 9.59 Å². The van der Waals surface area contributed by atoms with Gasteiger partial charge in [-0.15, -0.1) is 0 Å². The molecular formula is C12H24O3. The molecule has 0 aromatic carbocycles. The second-order valence-corrected chi connectivity index (χ2v) is 3.09. The van der Waals surface area contributed by atoms with Gasteiger partial charge in [-0.1, -0.05) is 13.8 Å². The molecular weight excluding hydrogens is 192 g/mol. The molecule has 1 saturated carbocycles. The Balaban J connectivity index is 0. The van der Waals surface area contributed by atoms with Gasteiger partial charge in [-0.25, -0.2) is 0 Å². The highest BCUT2D eigenvalue weighted by atomic mass is 16.5. The Morgan fingerprint density at radius 1 is 1.33 bits per heavy atom. The maximum atomic E-state index is 10.6. The molecule has 0 saturated heterocycles. The predicted octanol–water partition coefficient (Wildman–Crippen LogP) is 2.62. The van der Waals surface area contributed by atoms with Crippen molar-refractivity contribution >= 4 is 12.1 Å². The Hall–Kier alpha value is -0.700.